The molecule has 1 N–H and O–H groups in total. The third-order valence-electron chi connectivity index (χ3n) is 3.57. The molecule has 98 valence electrons. The smallest absolute Gasteiger partial charge is 0.000504 e. The van der Waals surface area contributed by atoms with Gasteiger partial charge in [0.25, 0.3) is 0 Å². The van der Waals surface area contributed by atoms with Crippen molar-refractivity contribution in [3.8, 4) is 0 Å². The van der Waals surface area contributed by atoms with Crippen LogP contribution >= 0.6 is 0 Å². The van der Waals surface area contributed by atoms with E-state index in [0.717, 1.165) is 6.54 Å². The van der Waals surface area contributed by atoms with E-state index in [2.05, 4.69) is 33.0 Å². The first-order valence-corrected chi connectivity index (χ1v) is 7.39. The number of hydrogen-bond donors (Lipinski definition) is 1. The highest BCUT2D eigenvalue weighted by Gasteiger charge is 2.22. The van der Waals surface area contributed by atoms with Crippen LogP contribution in [0.4, 0.5) is 0 Å². The van der Waals surface area contributed by atoms with Crippen LogP contribution in [-0.4, -0.2) is 13.1 Å². The minimum atomic E-state index is 0.542. The van der Waals surface area contributed by atoms with Gasteiger partial charge in [-0.1, -0.05) is 66.2 Å². The van der Waals surface area contributed by atoms with Crippen molar-refractivity contribution in [2.24, 2.45) is 5.41 Å². The minimum absolute atomic E-state index is 0.542. The molecule has 0 aliphatic rings. The summed E-state index contributed by atoms with van der Waals surface area (Å²) in [6, 6.07) is 0. The molecular weight excluding hydrogens is 194 g/mol. The molecule has 0 amide bonds. The van der Waals surface area contributed by atoms with Crippen molar-refractivity contribution in [3.05, 3.63) is 0 Å². The lowest BCUT2D eigenvalue weighted by Gasteiger charge is -2.30. The Labute approximate surface area is 103 Å². The lowest BCUT2D eigenvalue weighted by molar-refractivity contribution is 0.243. The molecule has 0 atom stereocenters. The predicted octanol–water partition coefficient (Wildman–Crippen LogP) is 4.76. The van der Waals surface area contributed by atoms with Crippen LogP contribution in [0, 0.1) is 5.41 Å². The van der Waals surface area contributed by atoms with Crippen molar-refractivity contribution < 1.29 is 0 Å². The molecule has 0 unspecified atom stereocenters. The molecule has 1 nitrogen and oxygen atoms in total. The molecular formula is C15H33N. The van der Waals surface area contributed by atoms with Crippen molar-refractivity contribution in [1.82, 2.24) is 5.32 Å². The van der Waals surface area contributed by atoms with Crippen molar-refractivity contribution in [2.45, 2.75) is 79.1 Å². The Morgan fingerprint density at radius 2 is 1.31 bits per heavy atom. The fourth-order valence-corrected chi connectivity index (χ4v) is 2.33. The lowest BCUT2D eigenvalue weighted by atomic mass is 9.79. The van der Waals surface area contributed by atoms with Gasteiger partial charge >= 0.3 is 0 Å². The lowest BCUT2D eigenvalue weighted by Crippen LogP contribution is -2.31. The van der Waals surface area contributed by atoms with Crippen LogP contribution in [0.3, 0.4) is 0 Å². The number of hydrogen-bond acceptors (Lipinski definition) is 1. The Morgan fingerprint density at radius 1 is 0.812 bits per heavy atom. The zero-order valence-electron chi connectivity index (χ0n) is 12.1. The molecule has 0 saturated carbocycles. The van der Waals surface area contributed by atoms with Gasteiger partial charge in [0.1, 0.15) is 0 Å². The maximum Gasteiger partial charge on any atom is 0.000504 e. The van der Waals surface area contributed by atoms with Gasteiger partial charge in [-0.25, -0.2) is 0 Å². The van der Waals surface area contributed by atoms with Crippen LogP contribution in [0.15, 0.2) is 0 Å². The molecule has 0 saturated heterocycles. The van der Waals surface area contributed by atoms with Gasteiger partial charge in [-0.05, 0) is 24.8 Å². The second-order valence-electron chi connectivity index (χ2n) is 5.51. The highest BCUT2D eigenvalue weighted by molar-refractivity contribution is 4.76. The van der Waals surface area contributed by atoms with Crippen LogP contribution < -0.4 is 5.32 Å². The predicted molar refractivity (Wildman–Crippen MR) is 74.9 cm³/mol. The zero-order chi connectivity index (χ0) is 12.3. The Balaban J connectivity index is 3.91. The Hall–Kier alpha value is -0.0400. The van der Waals surface area contributed by atoms with Crippen LogP contribution in [0.2, 0.25) is 0 Å². The molecule has 16 heavy (non-hydrogen) atoms. The first kappa shape index (κ1) is 16.0. The van der Waals surface area contributed by atoms with Gasteiger partial charge in [-0.2, -0.15) is 0 Å². The molecule has 1 heteroatoms. The van der Waals surface area contributed by atoms with Gasteiger partial charge < -0.3 is 5.32 Å². The van der Waals surface area contributed by atoms with E-state index in [9.17, 15) is 0 Å². The summed E-state index contributed by atoms with van der Waals surface area (Å²) in [5, 5.41) is 3.54. The van der Waals surface area contributed by atoms with Crippen LogP contribution in [-0.2, 0) is 0 Å². The topological polar surface area (TPSA) is 12.0 Å². The molecule has 0 aromatic rings. The second kappa shape index (κ2) is 10.1. The molecule has 0 fully saturated rings. The summed E-state index contributed by atoms with van der Waals surface area (Å²) >= 11 is 0. The Kier molecular flexibility index (Phi) is 10.1. The Bertz CT molecular complexity index is 132. The van der Waals surface area contributed by atoms with Crippen molar-refractivity contribution in [1.29, 1.82) is 0 Å². The van der Waals surface area contributed by atoms with E-state index < -0.39 is 0 Å². The second-order valence-corrected chi connectivity index (χ2v) is 5.51. The largest absolute Gasteiger partial charge is 0.316 e. The van der Waals surface area contributed by atoms with E-state index in [1.165, 1.54) is 57.9 Å². The van der Waals surface area contributed by atoms with E-state index in [4.69, 9.17) is 0 Å². The maximum atomic E-state index is 3.54. The molecule has 0 aromatic carbocycles. The normalized spacial score (nSPS) is 12.0. The molecule has 0 aromatic heterocycles. The van der Waals surface area contributed by atoms with E-state index in [-0.39, 0.29) is 0 Å². The summed E-state index contributed by atoms with van der Waals surface area (Å²) in [4.78, 5) is 0. The summed E-state index contributed by atoms with van der Waals surface area (Å²) in [6.07, 6.45) is 11.1. The number of unbranched alkanes of at least 4 members (excludes halogenated alkanes) is 4. The van der Waals surface area contributed by atoms with Crippen molar-refractivity contribution >= 4 is 0 Å². The van der Waals surface area contributed by atoms with Crippen molar-refractivity contribution in [3.63, 3.8) is 0 Å². The first-order chi connectivity index (χ1) is 7.68. The molecule has 0 spiro atoms. The molecule has 0 aliphatic heterocycles. The summed E-state index contributed by atoms with van der Waals surface area (Å²) in [5.74, 6) is 0. The zero-order valence-corrected chi connectivity index (χ0v) is 12.1. The summed E-state index contributed by atoms with van der Waals surface area (Å²) in [6.45, 7) is 11.6. The highest BCUT2D eigenvalue weighted by atomic mass is 14.9. The average molecular weight is 227 g/mol. The third kappa shape index (κ3) is 8.15. The Morgan fingerprint density at radius 3 is 1.69 bits per heavy atom. The first-order valence-electron chi connectivity index (χ1n) is 7.39. The summed E-state index contributed by atoms with van der Waals surface area (Å²) in [7, 11) is 0. The van der Waals surface area contributed by atoms with Crippen LogP contribution in [0.5, 0.6) is 0 Å². The SMILES string of the molecule is CCCCCC(C)(CCCCC)CNCC. The maximum absolute atomic E-state index is 3.54. The van der Waals surface area contributed by atoms with E-state index in [0.29, 0.717) is 5.41 Å². The monoisotopic (exact) mass is 227 g/mol. The van der Waals surface area contributed by atoms with Gasteiger partial charge in [-0.3, -0.25) is 0 Å². The van der Waals surface area contributed by atoms with Gasteiger partial charge in [0.15, 0.2) is 0 Å². The molecule has 0 rings (SSSR count). The van der Waals surface area contributed by atoms with Gasteiger partial charge in [0.2, 0.25) is 0 Å². The molecule has 0 radical (unpaired) electrons. The van der Waals surface area contributed by atoms with E-state index in [1.807, 2.05) is 0 Å². The standard InChI is InChI=1S/C15H33N/c1-5-8-10-12-15(4,14-16-7-3)13-11-9-6-2/h16H,5-14H2,1-4H3. The van der Waals surface area contributed by atoms with Gasteiger partial charge in [0.05, 0.1) is 0 Å². The van der Waals surface area contributed by atoms with Crippen LogP contribution in [0.1, 0.15) is 79.1 Å². The average Bonchev–Trinajstić information content (AvgIpc) is 2.27. The quantitative estimate of drug-likeness (QED) is 0.502. The summed E-state index contributed by atoms with van der Waals surface area (Å²) < 4.78 is 0. The van der Waals surface area contributed by atoms with Crippen LogP contribution in [0.25, 0.3) is 0 Å². The summed E-state index contributed by atoms with van der Waals surface area (Å²) in [5.41, 5.74) is 0.542. The highest BCUT2D eigenvalue weighted by Crippen LogP contribution is 2.30. The fourth-order valence-electron chi connectivity index (χ4n) is 2.33. The van der Waals surface area contributed by atoms with Gasteiger partial charge in [-0.15, -0.1) is 0 Å². The number of rotatable bonds is 11. The van der Waals surface area contributed by atoms with E-state index >= 15 is 0 Å². The van der Waals surface area contributed by atoms with E-state index in [1.54, 1.807) is 0 Å². The molecule has 0 bridgehead atoms. The van der Waals surface area contributed by atoms with Gasteiger partial charge in [0, 0.05) is 6.54 Å². The number of nitrogens with one attached hydrogen (secondary N) is 1. The molecule has 0 heterocycles. The fraction of sp³-hybridized carbons (Fsp3) is 1.00. The minimum Gasteiger partial charge on any atom is -0.316 e. The van der Waals surface area contributed by atoms with Crippen molar-refractivity contribution in [2.75, 3.05) is 13.1 Å². The molecule has 0 aliphatic carbocycles. The third-order valence-corrected chi connectivity index (χ3v) is 3.57.